The molecule has 0 radical (unpaired) electrons. The van der Waals surface area contributed by atoms with Crippen LogP contribution in [0.3, 0.4) is 0 Å². The molecule has 120 valence electrons. The van der Waals surface area contributed by atoms with E-state index < -0.39 is 10.0 Å². The standard InChI is InChI=1S/C16H14BrNO4S/c17-13-1-3-14(4-2-13)23(19,20)18-6-5-11-7-15-16(22-10-21-15)8-12(11)9-18/h1-4,7-8H,5-6,9-10H2. The highest BCUT2D eigenvalue weighted by atomic mass is 79.9. The molecule has 2 aromatic carbocycles. The molecule has 23 heavy (non-hydrogen) atoms. The zero-order valence-corrected chi connectivity index (χ0v) is 14.6. The third kappa shape index (κ3) is 2.62. The number of hydrogen-bond donors (Lipinski definition) is 0. The molecule has 5 nitrogen and oxygen atoms in total. The van der Waals surface area contributed by atoms with E-state index in [1.165, 1.54) is 4.31 Å². The minimum atomic E-state index is -3.50. The summed E-state index contributed by atoms with van der Waals surface area (Å²) in [4.78, 5) is 0.310. The van der Waals surface area contributed by atoms with E-state index in [4.69, 9.17) is 9.47 Å². The van der Waals surface area contributed by atoms with Gasteiger partial charge >= 0.3 is 0 Å². The molecule has 0 unspecified atom stereocenters. The van der Waals surface area contributed by atoms with Crippen LogP contribution in [0.5, 0.6) is 11.5 Å². The summed E-state index contributed by atoms with van der Waals surface area (Å²) in [5.74, 6) is 1.43. The van der Waals surface area contributed by atoms with Crippen LogP contribution in [0.2, 0.25) is 0 Å². The zero-order chi connectivity index (χ0) is 16.0. The molecule has 7 heteroatoms. The second-order valence-corrected chi connectivity index (χ2v) is 8.37. The number of rotatable bonds is 2. The van der Waals surface area contributed by atoms with Crippen molar-refractivity contribution in [3.63, 3.8) is 0 Å². The van der Waals surface area contributed by atoms with Gasteiger partial charge in [-0.2, -0.15) is 4.31 Å². The highest BCUT2D eigenvalue weighted by molar-refractivity contribution is 9.10. The van der Waals surface area contributed by atoms with Crippen LogP contribution in [-0.4, -0.2) is 26.1 Å². The normalized spacial score (nSPS) is 17.1. The average molecular weight is 396 g/mol. The van der Waals surface area contributed by atoms with Crippen molar-refractivity contribution in [1.82, 2.24) is 4.31 Å². The van der Waals surface area contributed by atoms with E-state index in [2.05, 4.69) is 15.9 Å². The van der Waals surface area contributed by atoms with E-state index in [1.54, 1.807) is 24.3 Å². The van der Waals surface area contributed by atoms with Gasteiger partial charge in [-0.15, -0.1) is 0 Å². The predicted molar refractivity (Wildman–Crippen MR) is 88.0 cm³/mol. The van der Waals surface area contributed by atoms with Gasteiger partial charge in [0.05, 0.1) is 4.90 Å². The molecular formula is C16H14BrNO4S. The molecule has 2 heterocycles. The third-order valence-corrected chi connectivity index (χ3v) is 6.51. The number of fused-ring (bicyclic) bond motifs is 2. The number of hydrogen-bond acceptors (Lipinski definition) is 4. The Morgan fingerprint density at radius 1 is 1.00 bits per heavy atom. The second kappa shape index (κ2) is 5.51. The Bertz CT molecular complexity index is 864. The third-order valence-electron chi connectivity index (χ3n) is 4.12. The topological polar surface area (TPSA) is 55.8 Å². The summed E-state index contributed by atoms with van der Waals surface area (Å²) in [5.41, 5.74) is 2.10. The number of ether oxygens (including phenoxy) is 2. The van der Waals surface area contributed by atoms with Gasteiger partial charge in [-0.25, -0.2) is 8.42 Å². The largest absolute Gasteiger partial charge is 0.454 e. The van der Waals surface area contributed by atoms with E-state index in [9.17, 15) is 8.42 Å². The molecule has 0 fully saturated rings. The van der Waals surface area contributed by atoms with Crippen LogP contribution in [0.25, 0.3) is 0 Å². The zero-order valence-electron chi connectivity index (χ0n) is 12.2. The van der Waals surface area contributed by atoms with Crippen molar-refractivity contribution in [3.8, 4) is 11.5 Å². The summed E-state index contributed by atoms with van der Waals surface area (Å²) >= 11 is 3.32. The molecular weight excluding hydrogens is 382 g/mol. The summed E-state index contributed by atoms with van der Waals surface area (Å²) in [6.45, 7) is 1.04. The lowest BCUT2D eigenvalue weighted by Gasteiger charge is -2.28. The fourth-order valence-corrected chi connectivity index (χ4v) is 4.56. The van der Waals surface area contributed by atoms with Gasteiger partial charge in [0.2, 0.25) is 16.8 Å². The average Bonchev–Trinajstić information content (AvgIpc) is 2.99. The summed E-state index contributed by atoms with van der Waals surface area (Å²) in [6.07, 6.45) is 0.668. The number of halogens is 1. The molecule has 0 aromatic heterocycles. The summed E-state index contributed by atoms with van der Waals surface area (Å²) in [6, 6.07) is 10.6. The number of benzene rings is 2. The SMILES string of the molecule is O=S(=O)(c1ccc(Br)cc1)N1CCc2cc3c(cc2C1)OCO3. The first-order chi connectivity index (χ1) is 11.0. The Kier molecular flexibility index (Phi) is 3.59. The van der Waals surface area contributed by atoms with Gasteiger partial charge in [0, 0.05) is 17.6 Å². The van der Waals surface area contributed by atoms with Crippen molar-refractivity contribution in [1.29, 1.82) is 0 Å². The molecule has 4 rings (SSSR count). The van der Waals surface area contributed by atoms with Crippen LogP contribution in [0.4, 0.5) is 0 Å². The molecule has 0 amide bonds. The van der Waals surface area contributed by atoms with Crippen molar-refractivity contribution in [2.45, 2.75) is 17.9 Å². The summed E-state index contributed by atoms with van der Waals surface area (Å²) in [5, 5.41) is 0. The van der Waals surface area contributed by atoms with Crippen molar-refractivity contribution in [2.75, 3.05) is 13.3 Å². The van der Waals surface area contributed by atoms with Gasteiger partial charge in [0.15, 0.2) is 11.5 Å². The highest BCUT2D eigenvalue weighted by Crippen LogP contribution is 2.37. The Balaban J connectivity index is 1.66. The van der Waals surface area contributed by atoms with Crippen molar-refractivity contribution < 1.29 is 17.9 Å². The molecule has 0 bridgehead atoms. The van der Waals surface area contributed by atoms with Gasteiger partial charge in [-0.1, -0.05) is 15.9 Å². The highest BCUT2D eigenvalue weighted by Gasteiger charge is 2.30. The maximum atomic E-state index is 12.8. The number of sulfonamides is 1. The number of nitrogens with zero attached hydrogens (tertiary/aromatic N) is 1. The van der Waals surface area contributed by atoms with E-state index in [-0.39, 0.29) is 6.79 Å². The summed E-state index contributed by atoms with van der Waals surface area (Å²) < 4.78 is 38.7. The van der Waals surface area contributed by atoms with E-state index in [0.29, 0.717) is 30.2 Å². The molecule has 0 atom stereocenters. The van der Waals surface area contributed by atoms with Crippen molar-refractivity contribution in [3.05, 3.63) is 52.0 Å². The Morgan fingerprint density at radius 2 is 1.65 bits per heavy atom. The lowest BCUT2D eigenvalue weighted by Crippen LogP contribution is -2.35. The fraction of sp³-hybridized carbons (Fsp3) is 0.250. The molecule has 2 aliphatic rings. The van der Waals surface area contributed by atoms with Gasteiger partial charge < -0.3 is 9.47 Å². The van der Waals surface area contributed by atoms with Crippen molar-refractivity contribution in [2.24, 2.45) is 0 Å². The van der Waals surface area contributed by atoms with E-state index in [1.807, 2.05) is 12.1 Å². The molecule has 0 N–H and O–H groups in total. The van der Waals surface area contributed by atoms with Gasteiger partial charge in [0.1, 0.15) is 0 Å². The van der Waals surface area contributed by atoms with Crippen molar-refractivity contribution >= 4 is 26.0 Å². The second-order valence-electron chi connectivity index (χ2n) is 5.52. The summed E-state index contributed by atoms with van der Waals surface area (Å²) in [7, 11) is -3.50. The fourth-order valence-electron chi connectivity index (χ4n) is 2.88. The first-order valence-electron chi connectivity index (χ1n) is 7.21. The van der Waals surface area contributed by atoms with Gasteiger partial charge in [-0.3, -0.25) is 0 Å². The van der Waals surface area contributed by atoms with Crippen LogP contribution >= 0.6 is 15.9 Å². The first-order valence-corrected chi connectivity index (χ1v) is 9.44. The molecule has 0 spiro atoms. The Labute approximate surface area is 143 Å². The van der Waals surface area contributed by atoms with Gasteiger partial charge in [0.25, 0.3) is 0 Å². The molecule has 2 aromatic rings. The van der Waals surface area contributed by atoms with E-state index >= 15 is 0 Å². The van der Waals surface area contributed by atoms with Crippen LogP contribution in [-0.2, 0) is 23.0 Å². The Morgan fingerprint density at radius 3 is 2.35 bits per heavy atom. The minimum Gasteiger partial charge on any atom is -0.454 e. The maximum Gasteiger partial charge on any atom is 0.243 e. The van der Waals surface area contributed by atoms with E-state index in [0.717, 1.165) is 21.3 Å². The van der Waals surface area contributed by atoms with Crippen LogP contribution < -0.4 is 9.47 Å². The quantitative estimate of drug-likeness (QED) is 0.784. The maximum absolute atomic E-state index is 12.8. The lowest BCUT2D eigenvalue weighted by atomic mass is 10.0. The lowest BCUT2D eigenvalue weighted by molar-refractivity contribution is 0.174. The molecule has 0 saturated carbocycles. The molecule has 0 saturated heterocycles. The predicted octanol–water partition coefficient (Wildman–Crippen LogP) is 2.92. The first kappa shape index (κ1) is 15.0. The van der Waals surface area contributed by atoms with Crippen LogP contribution in [0.1, 0.15) is 11.1 Å². The monoisotopic (exact) mass is 395 g/mol. The van der Waals surface area contributed by atoms with Crippen LogP contribution in [0, 0.1) is 0 Å². The molecule has 2 aliphatic heterocycles. The van der Waals surface area contributed by atoms with Gasteiger partial charge in [-0.05, 0) is 53.9 Å². The molecule has 0 aliphatic carbocycles. The minimum absolute atomic E-state index is 0.221. The smallest absolute Gasteiger partial charge is 0.243 e. The van der Waals surface area contributed by atoms with Crippen LogP contribution in [0.15, 0.2) is 45.8 Å². The Hall–Kier alpha value is -1.57.